The maximum absolute atomic E-state index is 12.0. The highest BCUT2D eigenvalue weighted by atomic mass is 16.1. The lowest BCUT2D eigenvalue weighted by molar-refractivity contribution is 0.101. The fourth-order valence-corrected chi connectivity index (χ4v) is 3.61. The lowest BCUT2D eigenvalue weighted by Gasteiger charge is -2.22. The maximum Gasteiger partial charge on any atom is 0.160 e. The molecule has 2 aromatic rings. The van der Waals surface area contributed by atoms with Crippen LogP contribution in [-0.4, -0.2) is 5.78 Å². The van der Waals surface area contributed by atoms with Gasteiger partial charge >= 0.3 is 0 Å². The third-order valence-corrected chi connectivity index (χ3v) is 5.18. The highest BCUT2D eigenvalue weighted by Gasteiger charge is 2.20. The van der Waals surface area contributed by atoms with Crippen LogP contribution in [0.5, 0.6) is 0 Å². The van der Waals surface area contributed by atoms with Gasteiger partial charge in [0.05, 0.1) is 11.6 Å². The lowest BCUT2D eigenvalue weighted by Crippen LogP contribution is -2.14. The molecule has 2 aliphatic carbocycles. The number of nitrogens with zero attached hydrogens (tertiary/aromatic N) is 1. The Labute approximate surface area is 150 Å². The molecule has 2 aromatic carbocycles. The standard InChI is InChI=1S/C23H25NO/c1-15(25)21-11-16-5-7-17(21)9-10-19-13-20(23(2,3)4)12-18(8-6-16)22(19)14-24/h5,7,11-13H,6,8-10H2,1-4H3. The molecule has 0 spiro atoms. The first-order valence-electron chi connectivity index (χ1n) is 8.98. The summed E-state index contributed by atoms with van der Waals surface area (Å²) in [6.07, 6.45) is 3.26. The van der Waals surface area contributed by atoms with Crippen molar-refractivity contribution in [1.29, 1.82) is 5.26 Å². The molecule has 2 aliphatic rings. The second-order valence-corrected chi connectivity index (χ2v) is 8.08. The van der Waals surface area contributed by atoms with Crippen LogP contribution in [0.15, 0.2) is 30.3 Å². The van der Waals surface area contributed by atoms with Crippen molar-refractivity contribution < 1.29 is 4.79 Å². The van der Waals surface area contributed by atoms with E-state index in [4.69, 9.17) is 0 Å². The number of carbonyl (C=O) groups excluding carboxylic acids is 1. The van der Waals surface area contributed by atoms with Crippen molar-refractivity contribution in [2.75, 3.05) is 0 Å². The van der Waals surface area contributed by atoms with Gasteiger partial charge in [-0.1, -0.05) is 45.0 Å². The van der Waals surface area contributed by atoms with Gasteiger partial charge in [0.25, 0.3) is 0 Å². The molecule has 2 heteroatoms. The van der Waals surface area contributed by atoms with Crippen molar-refractivity contribution in [3.63, 3.8) is 0 Å². The van der Waals surface area contributed by atoms with Crippen LogP contribution >= 0.6 is 0 Å². The molecule has 0 N–H and O–H groups in total. The van der Waals surface area contributed by atoms with Crippen molar-refractivity contribution in [1.82, 2.24) is 0 Å². The minimum absolute atomic E-state index is 0.0535. The number of ketones is 1. The second kappa shape index (κ2) is 6.48. The quantitative estimate of drug-likeness (QED) is 0.694. The Morgan fingerprint density at radius 1 is 0.960 bits per heavy atom. The van der Waals surface area contributed by atoms with E-state index in [1.165, 1.54) is 11.1 Å². The summed E-state index contributed by atoms with van der Waals surface area (Å²) in [7, 11) is 0. The molecule has 0 aliphatic heterocycles. The number of nitriles is 1. The molecule has 0 heterocycles. The molecule has 0 unspecified atom stereocenters. The zero-order chi connectivity index (χ0) is 18.2. The zero-order valence-corrected chi connectivity index (χ0v) is 15.6. The first-order chi connectivity index (χ1) is 11.8. The smallest absolute Gasteiger partial charge is 0.160 e. The third-order valence-electron chi connectivity index (χ3n) is 5.18. The second-order valence-electron chi connectivity index (χ2n) is 8.08. The summed E-state index contributed by atoms with van der Waals surface area (Å²) in [5.41, 5.74) is 7.51. The summed E-state index contributed by atoms with van der Waals surface area (Å²) in [6, 6.07) is 13.1. The van der Waals surface area contributed by atoms with Gasteiger partial charge in [-0.15, -0.1) is 0 Å². The molecule has 0 radical (unpaired) electrons. The Hall–Kier alpha value is -2.40. The van der Waals surface area contributed by atoms with Crippen LogP contribution in [0, 0.1) is 11.3 Å². The van der Waals surface area contributed by atoms with Crippen LogP contribution in [0.25, 0.3) is 0 Å². The van der Waals surface area contributed by atoms with Gasteiger partial charge in [-0.05, 0) is 71.9 Å². The summed E-state index contributed by atoms with van der Waals surface area (Å²) in [5.74, 6) is 0.124. The van der Waals surface area contributed by atoms with E-state index in [0.29, 0.717) is 0 Å². The van der Waals surface area contributed by atoms with E-state index in [1.54, 1.807) is 6.92 Å². The lowest BCUT2D eigenvalue weighted by atomic mass is 9.82. The first kappa shape index (κ1) is 17.4. The fraction of sp³-hybridized carbons (Fsp3) is 0.391. The number of carbonyl (C=O) groups is 1. The number of hydrogen-bond acceptors (Lipinski definition) is 2. The van der Waals surface area contributed by atoms with Gasteiger partial charge < -0.3 is 0 Å². The topological polar surface area (TPSA) is 40.9 Å². The average molecular weight is 331 g/mol. The molecule has 0 saturated carbocycles. The van der Waals surface area contributed by atoms with Gasteiger partial charge in [0.15, 0.2) is 5.78 Å². The van der Waals surface area contributed by atoms with Crippen molar-refractivity contribution >= 4 is 5.78 Å². The van der Waals surface area contributed by atoms with Crippen LogP contribution in [0.1, 0.15) is 71.4 Å². The Balaban J connectivity index is 2.15. The van der Waals surface area contributed by atoms with E-state index >= 15 is 0 Å². The highest BCUT2D eigenvalue weighted by Crippen LogP contribution is 2.30. The van der Waals surface area contributed by atoms with E-state index in [2.05, 4.69) is 51.1 Å². The molecule has 0 atom stereocenters. The molecule has 2 nitrogen and oxygen atoms in total. The summed E-state index contributed by atoms with van der Waals surface area (Å²) in [4.78, 5) is 12.0. The number of fused-ring (bicyclic) bond motifs is 4. The molecular weight excluding hydrogens is 306 g/mol. The van der Waals surface area contributed by atoms with Gasteiger partial charge in [0.1, 0.15) is 0 Å². The van der Waals surface area contributed by atoms with Crippen LogP contribution in [-0.2, 0) is 31.1 Å². The molecule has 0 aromatic heterocycles. The minimum atomic E-state index is 0.0535. The number of Topliss-reactive ketones (excluding diaryl/α,β-unsaturated/α-hetero) is 1. The summed E-state index contributed by atoms with van der Waals surface area (Å²) in [5, 5.41) is 9.75. The van der Waals surface area contributed by atoms with Crippen LogP contribution in [0.4, 0.5) is 0 Å². The van der Waals surface area contributed by atoms with Crippen molar-refractivity contribution in [3.05, 3.63) is 69.3 Å². The summed E-state index contributed by atoms with van der Waals surface area (Å²) >= 11 is 0. The van der Waals surface area contributed by atoms with Gasteiger partial charge in [0, 0.05) is 5.56 Å². The van der Waals surface area contributed by atoms with E-state index in [9.17, 15) is 10.1 Å². The molecule has 128 valence electrons. The van der Waals surface area contributed by atoms with E-state index < -0.39 is 0 Å². The average Bonchev–Trinajstić information content (AvgIpc) is 2.58. The van der Waals surface area contributed by atoms with E-state index in [0.717, 1.165) is 53.5 Å². The number of aryl methyl sites for hydroxylation is 4. The molecule has 4 bridgehead atoms. The molecule has 0 fully saturated rings. The summed E-state index contributed by atoms with van der Waals surface area (Å²) in [6.45, 7) is 8.28. The van der Waals surface area contributed by atoms with E-state index in [1.807, 2.05) is 6.07 Å². The highest BCUT2D eigenvalue weighted by molar-refractivity contribution is 5.95. The predicted octanol–water partition coefficient (Wildman–Crippen LogP) is 4.94. The Kier molecular flexibility index (Phi) is 4.52. The van der Waals surface area contributed by atoms with Crippen LogP contribution < -0.4 is 0 Å². The molecule has 0 amide bonds. The van der Waals surface area contributed by atoms with Crippen LogP contribution in [0.2, 0.25) is 0 Å². The van der Waals surface area contributed by atoms with Gasteiger partial charge in [0.2, 0.25) is 0 Å². The van der Waals surface area contributed by atoms with Gasteiger partial charge in [-0.25, -0.2) is 0 Å². The van der Waals surface area contributed by atoms with Gasteiger partial charge in [-0.2, -0.15) is 5.26 Å². The van der Waals surface area contributed by atoms with Gasteiger partial charge in [-0.3, -0.25) is 4.79 Å². The zero-order valence-electron chi connectivity index (χ0n) is 15.6. The number of hydrogen-bond donors (Lipinski definition) is 0. The Morgan fingerprint density at radius 3 is 2.12 bits per heavy atom. The fourth-order valence-electron chi connectivity index (χ4n) is 3.61. The predicted molar refractivity (Wildman–Crippen MR) is 101 cm³/mol. The number of rotatable bonds is 1. The van der Waals surface area contributed by atoms with Crippen molar-refractivity contribution in [2.24, 2.45) is 0 Å². The SMILES string of the molecule is CC(=O)c1cc2ccc1CCc1cc(C(C)(C)C)cc(c1C#N)CC2. The van der Waals surface area contributed by atoms with E-state index in [-0.39, 0.29) is 11.2 Å². The summed E-state index contributed by atoms with van der Waals surface area (Å²) < 4.78 is 0. The normalized spacial score (nSPS) is 13.9. The van der Waals surface area contributed by atoms with Crippen LogP contribution in [0.3, 0.4) is 0 Å². The maximum atomic E-state index is 12.0. The molecular formula is C23H25NO. The molecule has 25 heavy (non-hydrogen) atoms. The molecule has 4 rings (SSSR count). The Bertz CT molecular complexity index is 878. The molecule has 0 saturated heterocycles. The monoisotopic (exact) mass is 331 g/mol. The largest absolute Gasteiger partial charge is 0.295 e. The van der Waals surface area contributed by atoms with Crippen molar-refractivity contribution in [3.8, 4) is 6.07 Å². The minimum Gasteiger partial charge on any atom is -0.295 e. The Morgan fingerprint density at radius 2 is 1.56 bits per heavy atom. The number of benzene rings is 2. The third kappa shape index (κ3) is 3.51. The van der Waals surface area contributed by atoms with Crippen molar-refractivity contribution in [2.45, 2.75) is 58.8 Å². The first-order valence-corrected chi connectivity index (χ1v) is 8.98.